The Morgan fingerprint density at radius 2 is 1.90 bits per heavy atom. The molecule has 156 valence electrons. The second-order valence-electron chi connectivity index (χ2n) is 7.93. The van der Waals surface area contributed by atoms with E-state index in [1.165, 1.54) is 6.33 Å². The van der Waals surface area contributed by atoms with E-state index in [1.54, 1.807) is 12.0 Å². The molecule has 0 unspecified atom stereocenters. The number of fused-ring (bicyclic) bond motifs is 1. The van der Waals surface area contributed by atoms with Crippen molar-refractivity contribution in [2.24, 2.45) is 5.92 Å². The number of methoxy groups -OCH3 is 1. The fraction of sp³-hybridized carbons (Fsp3) is 0.348. The Morgan fingerprint density at radius 1 is 1.17 bits per heavy atom. The van der Waals surface area contributed by atoms with E-state index in [2.05, 4.69) is 10.1 Å². The summed E-state index contributed by atoms with van der Waals surface area (Å²) in [5.41, 5.74) is 2.03. The molecule has 1 aliphatic rings. The van der Waals surface area contributed by atoms with Gasteiger partial charge in [-0.15, -0.1) is 0 Å². The van der Waals surface area contributed by atoms with Crippen LogP contribution in [-0.4, -0.2) is 27.8 Å². The van der Waals surface area contributed by atoms with Crippen molar-refractivity contribution in [3.63, 3.8) is 0 Å². The molecule has 1 amide bonds. The van der Waals surface area contributed by atoms with Crippen molar-refractivity contribution >= 4 is 23.5 Å². The first-order valence-corrected chi connectivity index (χ1v) is 10.5. The van der Waals surface area contributed by atoms with Crippen molar-refractivity contribution in [1.82, 2.24) is 14.8 Å². The highest BCUT2D eigenvalue weighted by atomic mass is 35.5. The van der Waals surface area contributed by atoms with Crippen molar-refractivity contribution in [3.05, 3.63) is 71.0 Å². The number of hydrogen-bond donors (Lipinski definition) is 0. The lowest BCUT2D eigenvalue weighted by Crippen LogP contribution is -2.43. The lowest BCUT2D eigenvalue weighted by Gasteiger charge is -2.39. The van der Waals surface area contributed by atoms with Crippen LogP contribution in [-0.2, 0) is 4.79 Å². The number of carbonyl (C=O) groups is 1. The highest BCUT2D eigenvalue weighted by Gasteiger charge is 2.40. The Bertz CT molecular complexity index is 1030. The van der Waals surface area contributed by atoms with E-state index < -0.39 is 0 Å². The Balaban J connectivity index is 1.84. The molecule has 0 spiro atoms. The van der Waals surface area contributed by atoms with Crippen LogP contribution < -0.4 is 9.64 Å². The zero-order chi connectivity index (χ0) is 21.3. The highest BCUT2D eigenvalue weighted by Crippen LogP contribution is 2.44. The topological polar surface area (TPSA) is 60.2 Å². The number of aromatic nitrogens is 3. The van der Waals surface area contributed by atoms with Crippen LogP contribution >= 0.6 is 11.6 Å². The van der Waals surface area contributed by atoms with Gasteiger partial charge in [-0.05, 0) is 36.1 Å². The molecule has 2 aromatic carbocycles. The first-order valence-electron chi connectivity index (χ1n) is 10.1. The Morgan fingerprint density at radius 3 is 2.60 bits per heavy atom. The van der Waals surface area contributed by atoms with Gasteiger partial charge < -0.3 is 4.74 Å². The predicted molar refractivity (Wildman–Crippen MR) is 117 cm³/mol. The van der Waals surface area contributed by atoms with E-state index >= 15 is 0 Å². The van der Waals surface area contributed by atoms with Crippen LogP contribution in [0.25, 0.3) is 0 Å². The molecule has 0 N–H and O–H groups in total. The summed E-state index contributed by atoms with van der Waals surface area (Å²) >= 11 is 6.12. The maximum Gasteiger partial charge on any atom is 0.231 e. The van der Waals surface area contributed by atoms with E-state index in [9.17, 15) is 4.79 Å². The summed E-state index contributed by atoms with van der Waals surface area (Å²) in [5, 5.41) is 5.14. The summed E-state index contributed by atoms with van der Waals surface area (Å²) < 4.78 is 7.45. The third kappa shape index (κ3) is 3.79. The number of ether oxygens (including phenoxy) is 1. The van der Waals surface area contributed by atoms with Gasteiger partial charge in [0.2, 0.25) is 11.9 Å². The Labute approximate surface area is 181 Å². The quantitative estimate of drug-likeness (QED) is 0.574. The molecule has 0 aliphatic carbocycles. The van der Waals surface area contributed by atoms with Gasteiger partial charge in [0.25, 0.3) is 0 Å². The van der Waals surface area contributed by atoms with Crippen molar-refractivity contribution in [2.45, 2.75) is 38.8 Å². The minimum Gasteiger partial charge on any atom is -0.496 e. The summed E-state index contributed by atoms with van der Waals surface area (Å²) in [7, 11) is 1.67. The summed E-state index contributed by atoms with van der Waals surface area (Å²) in [6, 6.07) is 15.3. The zero-order valence-corrected chi connectivity index (χ0v) is 18.1. The molecule has 1 aromatic heterocycles. The lowest BCUT2D eigenvalue weighted by molar-refractivity contribution is -0.120. The van der Waals surface area contributed by atoms with Gasteiger partial charge in [0.05, 0.1) is 19.2 Å². The van der Waals surface area contributed by atoms with Crippen LogP contribution in [0.4, 0.5) is 5.95 Å². The third-order valence-corrected chi connectivity index (χ3v) is 5.68. The minimum atomic E-state index is -0.180. The molecule has 6 nitrogen and oxygen atoms in total. The molecule has 2 heterocycles. The largest absolute Gasteiger partial charge is 0.496 e. The van der Waals surface area contributed by atoms with E-state index in [0.717, 1.165) is 16.9 Å². The van der Waals surface area contributed by atoms with E-state index in [4.69, 9.17) is 16.3 Å². The number of carbonyl (C=O) groups excluding carboxylic acids is 1. The van der Waals surface area contributed by atoms with Crippen molar-refractivity contribution in [3.8, 4) is 5.75 Å². The second kappa shape index (κ2) is 8.48. The van der Waals surface area contributed by atoms with Crippen LogP contribution in [0.15, 0.2) is 54.9 Å². The summed E-state index contributed by atoms with van der Waals surface area (Å²) in [6.07, 6.45) is 2.61. The molecule has 0 saturated carbocycles. The van der Waals surface area contributed by atoms with Crippen molar-refractivity contribution in [1.29, 1.82) is 0 Å². The molecule has 0 fully saturated rings. The molecule has 2 atom stereocenters. The van der Waals surface area contributed by atoms with Gasteiger partial charge in [0, 0.05) is 17.0 Å². The monoisotopic (exact) mass is 424 g/mol. The molecule has 0 radical (unpaired) electrons. The van der Waals surface area contributed by atoms with E-state index in [1.807, 2.05) is 67.1 Å². The van der Waals surface area contributed by atoms with Crippen molar-refractivity contribution in [2.75, 3.05) is 12.0 Å². The van der Waals surface area contributed by atoms with Gasteiger partial charge in [-0.1, -0.05) is 55.8 Å². The van der Waals surface area contributed by atoms with Gasteiger partial charge in [-0.2, -0.15) is 10.1 Å². The van der Waals surface area contributed by atoms with Gasteiger partial charge in [-0.25, -0.2) is 4.68 Å². The van der Waals surface area contributed by atoms with Gasteiger partial charge >= 0.3 is 0 Å². The maximum atomic E-state index is 13.3. The first-order chi connectivity index (χ1) is 14.5. The smallest absolute Gasteiger partial charge is 0.231 e. The SMILES string of the molecule is COc1ccccc1[C@H]1C[C@@H](c2ccc(Cl)cc2)N(C(=O)CC(C)C)c2ncnn21. The highest BCUT2D eigenvalue weighted by molar-refractivity contribution is 6.30. The summed E-state index contributed by atoms with van der Waals surface area (Å²) in [4.78, 5) is 19.6. The molecule has 7 heteroatoms. The predicted octanol–water partition coefficient (Wildman–Crippen LogP) is 5.05. The molecular weight excluding hydrogens is 400 g/mol. The van der Waals surface area contributed by atoms with Gasteiger partial charge in [0.15, 0.2) is 0 Å². The molecular formula is C23H25ClN4O2. The number of benzene rings is 2. The number of nitrogens with zero attached hydrogens (tertiary/aromatic N) is 4. The maximum absolute atomic E-state index is 13.3. The lowest BCUT2D eigenvalue weighted by atomic mass is 9.91. The number of amides is 1. The molecule has 0 saturated heterocycles. The van der Waals surface area contributed by atoms with Crippen molar-refractivity contribution < 1.29 is 9.53 Å². The standard InChI is InChI=1S/C23H25ClN4O2/c1-15(2)12-22(29)27-19(16-8-10-17(24)11-9-16)13-20(28-23(27)25-14-26-28)18-6-4-5-7-21(18)30-3/h4-11,14-15,19-20H,12-13H2,1-3H3/t19-,20+/m0/s1. The fourth-order valence-corrected chi connectivity index (χ4v) is 4.22. The average Bonchev–Trinajstić information content (AvgIpc) is 3.22. The third-order valence-electron chi connectivity index (χ3n) is 5.43. The Hall–Kier alpha value is -2.86. The van der Waals surface area contributed by atoms with Crippen LogP contribution in [0, 0.1) is 5.92 Å². The fourth-order valence-electron chi connectivity index (χ4n) is 4.10. The summed E-state index contributed by atoms with van der Waals surface area (Å²) in [6.45, 7) is 4.09. The normalized spacial score (nSPS) is 18.4. The Kier molecular flexibility index (Phi) is 5.77. The molecule has 30 heavy (non-hydrogen) atoms. The number of hydrogen-bond acceptors (Lipinski definition) is 4. The van der Waals surface area contributed by atoms with E-state index in [-0.39, 0.29) is 23.9 Å². The molecule has 1 aliphatic heterocycles. The van der Waals surface area contributed by atoms with Gasteiger partial charge in [0.1, 0.15) is 12.1 Å². The van der Waals surface area contributed by atoms with Crippen LogP contribution in [0.5, 0.6) is 5.75 Å². The number of para-hydroxylation sites is 1. The van der Waals surface area contributed by atoms with Crippen LogP contribution in [0.3, 0.4) is 0 Å². The number of rotatable bonds is 5. The van der Waals surface area contributed by atoms with Crippen LogP contribution in [0.2, 0.25) is 5.02 Å². The zero-order valence-electron chi connectivity index (χ0n) is 17.3. The number of anilines is 1. The van der Waals surface area contributed by atoms with Crippen LogP contribution in [0.1, 0.15) is 49.9 Å². The van der Waals surface area contributed by atoms with E-state index in [0.29, 0.717) is 23.8 Å². The first kappa shape index (κ1) is 20.4. The summed E-state index contributed by atoms with van der Waals surface area (Å²) in [5.74, 6) is 1.63. The molecule has 3 aromatic rings. The van der Waals surface area contributed by atoms with Gasteiger partial charge in [-0.3, -0.25) is 9.69 Å². The molecule has 0 bridgehead atoms. The number of halogens is 1. The average molecular weight is 425 g/mol. The molecule has 4 rings (SSSR count). The minimum absolute atomic E-state index is 0.0395. The second-order valence-corrected chi connectivity index (χ2v) is 8.36.